The van der Waals surface area contributed by atoms with Crippen molar-refractivity contribution in [1.29, 1.82) is 0 Å². The molecule has 0 aliphatic carbocycles. The largest absolute Gasteiger partial charge is 0.247 e. The van der Waals surface area contributed by atoms with Gasteiger partial charge >= 0.3 is 0 Å². The summed E-state index contributed by atoms with van der Waals surface area (Å²) in [5, 5.41) is 0. The Labute approximate surface area is 61.4 Å². The first-order valence-electron chi connectivity index (χ1n) is 3.66. The summed E-state index contributed by atoms with van der Waals surface area (Å²) in [6, 6.07) is 0. The first-order valence-corrected chi connectivity index (χ1v) is 6.45. The van der Waals surface area contributed by atoms with Crippen molar-refractivity contribution in [3.05, 3.63) is 0 Å². The molecule has 0 heterocycles. The van der Waals surface area contributed by atoms with Gasteiger partial charge in [0.05, 0.1) is 0 Å². The molecule has 0 rings (SSSR count). The monoisotopic (exact) mass is 148 g/mol. The topological polar surface area (TPSA) is 0 Å². The Morgan fingerprint density at radius 3 is 1.78 bits per heavy atom. The molecule has 0 radical (unpaired) electrons. The van der Waals surface area contributed by atoms with Crippen LogP contribution in [0.4, 0.5) is 0 Å². The van der Waals surface area contributed by atoms with Gasteiger partial charge in [-0.25, -0.2) is 10.0 Å². The maximum Gasteiger partial charge on any atom is -0.0210 e. The van der Waals surface area contributed by atoms with Crippen LogP contribution in [0.2, 0.25) is 0 Å². The van der Waals surface area contributed by atoms with Gasteiger partial charge in [-0.2, -0.15) is 0 Å². The van der Waals surface area contributed by atoms with Crippen LogP contribution in [-0.2, 0) is 0 Å². The van der Waals surface area contributed by atoms with Gasteiger partial charge < -0.3 is 0 Å². The predicted molar refractivity (Wildman–Crippen MR) is 49.7 cm³/mol. The fourth-order valence-electron chi connectivity index (χ4n) is 1.02. The average molecular weight is 148 g/mol. The maximum absolute atomic E-state index is 2.42. The molecule has 0 spiro atoms. The highest BCUT2D eigenvalue weighted by atomic mass is 32.3. The molecule has 0 N–H and O–H groups in total. The highest BCUT2D eigenvalue weighted by molar-refractivity contribution is 8.32. The van der Waals surface area contributed by atoms with E-state index >= 15 is 0 Å². The Hall–Kier alpha value is 0.350. The van der Waals surface area contributed by atoms with Gasteiger partial charge in [0.25, 0.3) is 0 Å². The molecule has 0 saturated carbocycles. The van der Waals surface area contributed by atoms with Gasteiger partial charge in [0.15, 0.2) is 0 Å². The molecule has 58 valence electrons. The van der Waals surface area contributed by atoms with Gasteiger partial charge in [-0.05, 0) is 29.9 Å². The third-order valence-electron chi connectivity index (χ3n) is 1.57. The summed E-state index contributed by atoms with van der Waals surface area (Å²) < 4.78 is 0. The molecule has 0 aliphatic rings. The summed E-state index contributed by atoms with van der Waals surface area (Å²) in [5.41, 5.74) is 0. The van der Waals surface area contributed by atoms with Crippen LogP contribution in [0.3, 0.4) is 0 Å². The fourth-order valence-corrected chi connectivity index (χ4v) is 3.06. The lowest BCUT2D eigenvalue weighted by molar-refractivity contribution is 0.746. The number of rotatable bonds is 3. The molecule has 0 amide bonds. The van der Waals surface area contributed by atoms with E-state index in [2.05, 4.69) is 33.3 Å². The van der Waals surface area contributed by atoms with E-state index in [1.54, 1.807) is 0 Å². The van der Waals surface area contributed by atoms with Crippen molar-refractivity contribution in [2.75, 3.05) is 24.0 Å². The van der Waals surface area contributed by atoms with Crippen LogP contribution in [-0.4, -0.2) is 24.0 Å². The normalized spacial score (nSPS) is 14.4. The minimum atomic E-state index is -0.219. The third-order valence-corrected chi connectivity index (χ3v) is 4.70. The lowest BCUT2D eigenvalue weighted by Crippen LogP contribution is -2.08. The SMILES string of the molecule is CCS(C)(C)CC(C)C. The molecule has 0 aromatic carbocycles. The Kier molecular flexibility index (Phi) is 3.64. The molecule has 0 aromatic rings. The molecule has 0 unspecified atom stereocenters. The van der Waals surface area contributed by atoms with Crippen molar-refractivity contribution in [3.63, 3.8) is 0 Å². The summed E-state index contributed by atoms with van der Waals surface area (Å²) >= 11 is 0. The molecular weight excluding hydrogens is 128 g/mol. The second-order valence-corrected chi connectivity index (χ2v) is 8.06. The second-order valence-electron chi connectivity index (χ2n) is 3.62. The molecule has 0 atom stereocenters. The molecule has 9 heavy (non-hydrogen) atoms. The smallest absolute Gasteiger partial charge is 0.0210 e. The van der Waals surface area contributed by atoms with E-state index in [1.165, 1.54) is 11.5 Å². The van der Waals surface area contributed by atoms with Crippen LogP contribution in [0.5, 0.6) is 0 Å². The van der Waals surface area contributed by atoms with Crippen LogP contribution in [0, 0.1) is 5.92 Å². The van der Waals surface area contributed by atoms with Crippen LogP contribution in [0.1, 0.15) is 20.8 Å². The van der Waals surface area contributed by atoms with Gasteiger partial charge in [0, 0.05) is 0 Å². The van der Waals surface area contributed by atoms with Gasteiger partial charge in [-0.3, -0.25) is 0 Å². The quantitative estimate of drug-likeness (QED) is 0.577. The average Bonchev–Trinajstić information content (AvgIpc) is 1.63. The van der Waals surface area contributed by atoms with E-state index in [0.717, 1.165) is 5.92 Å². The Balaban J connectivity index is 3.58. The number of hydrogen-bond donors (Lipinski definition) is 0. The minimum Gasteiger partial charge on any atom is -0.247 e. The van der Waals surface area contributed by atoms with Crippen LogP contribution in [0.25, 0.3) is 0 Å². The van der Waals surface area contributed by atoms with Crippen LogP contribution in [0.15, 0.2) is 0 Å². The van der Waals surface area contributed by atoms with Crippen molar-refractivity contribution < 1.29 is 0 Å². The minimum absolute atomic E-state index is 0.219. The van der Waals surface area contributed by atoms with Gasteiger partial charge in [0.1, 0.15) is 0 Å². The summed E-state index contributed by atoms with van der Waals surface area (Å²) in [6.07, 6.45) is 4.85. The molecule has 0 nitrogen and oxygen atoms in total. The summed E-state index contributed by atoms with van der Waals surface area (Å²) in [6.45, 7) is 6.92. The maximum atomic E-state index is 2.42. The Morgan fingerprint density at radius 1 is 1.22 bits per heavy atom. The lowest BCUT2D eigenvalue weighted by Gasteiger charge is -2.31. The van der Waals surface area contributed by atoms with Crippen molar-refractivity contribution in [2.45, 2.75) is 20.8 Å². The van der Waals surface area contributed by atoms with E-state index in [-0.39, 0.29) is 10.0 Å². The van der Waals surface area contributed by atoms with Crippen molar-refractivity contribution in [2.24, 2.45) is 5.92 Å². The Bertz CT molecular complexity index is 74.6. The van der Waals surface area contributed by atoms with Gasteiger partial charge in [-0.15, -0.1) is 0 Å². The van der Waals surface area contributed by atoms with E-state index in [1.807, 2.05) is 0 Å². The van der Waals surface area contributed by atoms with E-state index in [9.17, 15) is 0 Å². The molecular formula is C8H20S. The first kappa shape index (κ1) is 9.35. The predicted octanol–water partition coefficient (Wildman–Crippen LogP) is 2.73. The summed E-state index contributed by atoms with van der Waals surface area (Å²) in [4.78, 5) is 0. The summed E-state index contributed by atoms with van der Waals surface area (Å²) in [5.74, 6) is 3.70. The van der Waals surface area contributed by atoms with Crippen LogP contribution >= 0.6 is 10.0 Å². The van der Waals surface area contributed by atoms with E-state index in [0.29, 0.717) is 0 Å². The third kappa shape index (κ3) is 4.83. The zero-order valence-corrected chi connectivity index (χ0v) is 8.22. The molecule has 0 aromatic heterocycles. The molecule has 0 fully saturated rings. The van der Waals surface area contributed by atoms with E-state index in [4.69, 9.17) is 0 Å². The zero-order chi connectivity index (χ0) is 7.49. The number of hydrogen-bond acceptors (Lipinski definition) is 0. The molecule has 0 aliphatic heterocycles. The first-order chi connectivity index (χ1) is 3.98. The highest BCUT2D eigenvalue weighted by Gasteiger charge is 2.09. The van der Waals surface area contributed by atoms with Crippen molar-refractivity contribution in [3.8, 4) is 0 Å². The molecule has 0 bridgehead atoms. The highest BCUT2D eigenvalue weighted by Crippen LogP contribution is 2.40. The van der Waals surface area contributed by atoms with Crippen molar-refractivity contribution >= 4 is 10.0 Å². The molecule has 1 heteroatoms. The lowest BCUT2D eigenvalue weighted by atomic mass is 10.3. The van der Waals surface area contributed by atoms with E-state index < -0.39 is 0 Å². The Morgan fingerprint density at radius 2 is 1.67 bits per heavy atom. The second kappa shape index (κ2) is 3.50. The van der Waals surface area contributed by atoms with Crippen LogP contribution < -0.4 is 0 Å². The summed E-state index contributed by atoms with van der Waals surface area (Å²) in [7, 11) is -0.219. The van der Waals surface area contributed by atoms with Gasteiger partial charge in [0.2, 0.25) is 0 Å². The van der Waals surface area contributed by atoms with Gasteiger partial charge in [-0.1, -0.05) is 20.8 Å². The fraction of sp³-hybridized carbons (Fsp3) is 1.00. The van der Waals surface area contributed by atoms with Crippen molar-refractivity contribution in [1.82, 2.24) is 0 Å². The molecule has 0 saturated heterocycles. The standard InChI is InChI=1S/C8H20S/c1-6-9(4,5)7-8(2)3/h8H,6-7H2,1-5H3. The zero-order valence-electron chi connectivity index (χ0n) is 7.40.